The first-order valence-corrected chi connectivity index (χ1v) is 13.0. The van der Waals surface area contributed by atoms with Gasteiger partial charge in [-0.15, -0.1) is 16.4 Å². The maximum Gasteiger partial charge on any atom is 0.168 e. The molecule has 0 amide bonds. The van der Waals surface area contributed by atoms with E-state index in [1.165, 1.54) is 16.0 Å². The van der Waals surface area contributed by atoms with Gasteiger partial charge < -0.3 is 9.30 Å². The van der Waals surface area contributed by atoms with Crippen LogP contribution >= 0.6 is 23.1 Å². The van der Waals surface area contributed by atoms with Crippen molar-refractivity contribution in [3.63, 3.8) is 0 Å². The van der Waals surface area contributed by atoms with E-state index in [-0.39, 0.29) is 0 Å². The highest BCUT2D eigenvalue weighted by Gasteiger charge is 2.19. The summed E-state index contributed by atoms with van der Waals surface area (Å²) in [5.74, 6) is 1.48. The molecule has 4 aromatic heterocycles. The Bertz CT molecular complexity index is 1410. The van der Waals surface area contributed by atoms with Crippen LogP contribution in [0.4, 0.5) is 0 Å². The van der Waals surface area contributed by atoms with Crippen LogP contribution in [0.15, 0.2) is 34.9 Å². The van der Waals surface area contributed by atoms with E-state index in [2.05, 4.69) is 35.4 Å². The van der Waals surface area contributed by atoms with Crippen molar-refractivity contribution in [3.05, 3.63) is 47.7 Å². The van der Waals surface area contributed by atoms with Crippen molar-refractivity contribution in [2.24, 2.45) is 0 Å². The largest absolute Gasteiger partial charge is 0.379 e. The molecule has 1 fully saturated rings. The number of aromatic nitrogens is 6. The van der Waals surface area contributed by atoms with E-state index in [0.29, 0.717) is 5.75 Å². The number of hydrogen-bond donors (Lipinski definition) is 0. The maximum atomic E-state index is 5.48. The molecule has 33 heavy (non-hydrogen) atoms. The number of nitrogens with zero attached hydrogens (tertiary/aromatic N) is 7. The topological polar surface area (TPSA) is 73.4 Å². The number of fused-ring (bicyclic) bond motifs is 4. The minimum Gasteiger partial charge on any atom is -0.379 e. The summed E-state index contributed by atoms with van der Waals surface area (Å²) in [6.07, 6.45) is 1.79. The Balaban J connectivity index is 1.27. The molecular formula is C23H25N7OS2. The second-order valence-corrected chi connectivity index (χ2v) is 10.5. The van der Waals surface area contributed by atoms with Crippen molar-refractivity contribution in [3.8, 4) is 0 Å². The van der Waals surface area contributed by atoms with Crippen LogP contribution < -0.4 is 0 Å². The molecule has 0 saturated carbocycles. The van der Waals surface area contributed by atoms with Crippen LogP contribution in [0.1, 0.15) is 17.1 Å². The molecule has 1 aromatic carbocycles. The minimum atomic E-state index is 0.679. The van der Waals surface area contributed by atoms with Crippen molar-refractivity contribution >= 4 is 50.0 Å². The molecule has 0 N–H and O–H groups in total. The molecule has 6 rings (SSSR count). The van der Waals surface area contributed by atoms with Crippen molar-refractivity contribution < 1.29 is 4.74 Å². The van der Waals surface area contributed by atoms with Gasteiger partial charge in [0, 0.05) is 31.9 Å². The van der Waals surface area contributed by atoms with E-state index in [1.54, 1.807) is 29.4 Å². The molecule has 170 valence electrons. The Morgan fingerprint density at radius 1 is 1.06 bits per heavy atom. The number of para-hydroxylation sites is 1. The number of ether oxygens (including phenoxy) is 1. The summed E-state index contributed by atoms with van der Waals surface area (Å²) in [7, 11) is 0. The summed E-state index contributed by atoms with van der Waals surface area (Å²) in [5.41, 5.74) is 5.38. The summed E-state index contributed by atoms with van der Waals surface area (Å²) in [5, 5.41) is 5.80. The smallest absolute Gasteiger partial charge is 0.168 e. The van der Waals surface area contributed by atoms with Crippen molar-refractivity contribution in [1.29, 1.82) is 0 Å². The predicted molar refractivity (Wildman–Crippen MR) is 132 cm³/mol. The molecule has 0 spiro atoms. The van der Waals surface area contributed by atoms with Gasteiger partial charge in [-0.05, 0) is 31.5 Å². The van der Waals surface area contributed by atoms with Crippen LogP contribution in [0, 0.1) is 13.8 Å². The van der Waals surface area contributed by atoms with Gasteiger partial charge in [-0.1, -0.05) is 23.9 Å². The highest BCUT2D eigenvalue weighted by Crippen LogP contribution is 2.32. The first kappa shape index (κ1) is 21.0. The average Bonchev–Trinajstić information content (AvgIpc) is 3.51. The lowest BCUT2D eigenvalue weighted by Crippen LogP contribution is -2.38. The van der Waals surface area contributed by atoms with E-state index in [0.717, 1.165) is 71.8 Å². The first-order chi connectivity index (χ1) is 16.2. The number of hydrogen-bond acceptors (Lipinski definition) is 8. The number of aryl methyl sites for hydroxylation is 1. The minimum absolute atomic E-state index is 0.679. The zero-order valence-electron chi connectivity index (χ0n) is 18.7. The van der Waals surface area contributed by atoms with Gasteiger partial charge in [0.15, 0.2) is 15.8 Å². The SMILES string of the molecule is Cc1c(C)n(CCN2CCOCC2)c2ncn3nc(CSc4nc5ccccc5s4)nc3c12. The third-order valence-corrected chi connectivity index (χ3v) is 8.51. The fourth-order valence-corrected chi connectivity index (χ4v) is 6.33. The van der Waals surface area contributed by atoms with Gasteiger partial charge in [-0.25, -0.2) is 19.5 Å². The van der Waals surface area contributed by atoms with Gasteiger partial charge >= 0.3 is 0 Å². The Hall–Kier alpha value is -2.53. The summed E-state index contributed by atoms with van der Waals surface area (Å²) in [6, 6.07) is 8.23. The Morgan fingerprint density at radius 3 is 2.76 bits per heavy atom. The quantitative estimate of drug-likeness (QED) is 0.342. The van der Waals surface area contributed by atoms with Gasteiger partial charge in [-0.3, -0.25) is 4.90 Å². The van der Waals surface area contributed by atoms with Crippen LogP contribution in [0.25, 0.3) is 26.9 Å². The fraction of sp³-hybridized carbons (Fsp3) is 0.391. The standard InChI is InChI=1S/C23H25N7OS2/c1-15-16(2)29(8-7-28-9-11-31-12-10-28)21-20(15)22-26-19(27-30(22)14-24-21)13-32-23-25-17-5-3-4-6-18(17)33-23/h3-6,14H,7-13H2,1-2H3. The lowest BCUT2D eigenvalue weighted by atomic mass is 10.2. The van der Waals surface area contributed by atoms with E-state index in [1.807, 2.05) is 16.6 Å². The van der Waals surface area contributed by atoms with Crippen LogP contribution in [0.2, 0.25) is 0 Å². The molecular weight excluding hydrogens is 454 g/mol. The monoisotopic (exact) mass is 479 g/mol. The normalized spacial score (nSPS) is 15.3. The number of benzene rings is 1. The molecule has 0 radical (unpaired) electrons. The second kappa shape index (κ2) is 8.68. The summed E-state index contributed by atoms with van der Waals surface area (Å²) in [4.78, 5) is 16.8. The predicted octanol–water partition coefficient (Wildman–Crippen LogP) is 3.93. The van der Waals surface area contributed by atoms with Crippen LogP contribution in [-0.4, -0.2) is 66.9 Å². The number of thioether (sulfide) groups is 1. The van der Waals surface area contributed by atoms with Crippen LogP contribution in [0.5, 0.6) is 0 Å². The number of morpholine rings is 1. The van der Waals surface area contributed by atoms with Gasteiger partial charge in [0.05, 0.1) is 34.6 Å². The number of thiazole rings is 1. The third-order valence-electron chi connectivity index (χ3n) is 6.33. The molecule has 0 unspecified atom stereocenters. The summed E-state index contributed by atoms with van der Waals surface area (Å²) >= 11 is 3.40. The molecule has 1 saturated heterocycles. The van der Waals surface area contributed by atoms with Crippen molar-refractivity contribution in [1.82, 2.24) is 34.0 Å². The Labute approximate surface area is 199 Å². The van der Waals surface area contributed by atoms with E-state index in [4.69, 9.17) is 24.8 Å². The number of rotatable bonds is 6. The summed E-state index contributed by atoms with van der Waals surface area (Å²) < 4.78 is 11.9. The lowest BCUT2D eigenvalue weighted by Gasteiger charge is -2.26. The van der Waals surface area contributed by atoms with Gasteiger partial charge in [0.25, 0.3) is 0 Å². The highest BCUT2D eigenvalue weighted by atomic mass is 32.2. The van der Waals surface area contributed by atoms with Crippen LogP contribution in [0.3, 0.4) is 0 Å². The molecule has 5 aromatic rings. The van der Waals surface area contributed by atoms with E-state index >= 15 is 0 Å². The molecule has 1 aliphatic rings. The Morgan fingerprint density at radius 2 is 1.91 bits per heavy atom. The summed E-state index contributed by atoms with van der Waals surface area (Å²) in [6.45, 7) is 9.87. The first-order valence-electron chi connectivity index (χ1n) is 11.2. The molecule has 10 heteroatoms. The van der Waals surface area contributed by atoms with E-state index in [9.17, 15) is 0 Å². The fourth-order valence-electron chi connectivity index (χ4n) is 4.41. The van der Waals surface area contributed by atoms with Crippen LogP contribution in [-0.2, 0) is 17.0 Å². The highest BCUT2D eigenvalue weighted by molar-refractivity contribution is 8.00. The maximum absolute atomic E-state index is 5.48. The lowest BCUT2D eigenvalue weighted by molar-refractivity contribution is 0.0364. The molecule has 8 nitrogen and oxygen atoms in total. The van der Waals surface area contributed by atoms with Crippen molar-refractivity contribution in [2.45, 2.75) is 30.5 Å². The molecule has 0 bridgehead atoms. The van der Waals surface area contributed by atoms with Gasteiger partial charge in [-0.2, -0.15) is 0 Å². The van der Waals surface area contributed by atoms with Crippen molar-refractivity contribution in [2.75, 3.05) is 32.8 Å². The van der Waals surface area contributed by atoms with Gasteiger partial charge in [0.2, 0.25) is 0 Å². The second-order valence-electron chi connectivity index (χ2n) is 8.29. The Kier molecular flexibility index (Phi) is 5.53. The van der Waals surface area contributed by atoms with Gasteiger partial charge in [0.1, 0.15) is 12.0 Å². The van der Waals surface area contributed by atoms with E-state index < -0.39 is 0 Å². The third kappa shape index (κ3) is 3.90. The zero-order chi connectivity index (χ0) is 22.4. The molecule has 5 heterocycles. The zero-order valence-corrected chi connectivity index (χ0v) is 20.3. The molecule has 0 atom stereocenters. The molecule has 1 aliphatic heterocycles. The average molecular weight is 480 g/mol. The molecule has 0 aliphatic carbocycles.